The van der Waals surface area contributed by atoms with Crippen molar-refractivity contribution < 1.29 is 20.4 Å². The van der Waals surface area contributed by atoms with E-state index in [2.05, 4.69) is 30.6 Å². The lowest BCUT2D eigenvalue weighted by Crippen LogP contribution is -2.42. The van der Waals surface area contributed by atoms with Crippen molar-refractivity contribution in [3.63, 3.8) is 0 Å². The van der Waals surface area contributed by atoms with Gasteiger partial charge in [-0.25, -0.2) is 0 Å². The van der Waals surface area contributed by atoms with E-state index in [1.807, 2.05) is 0 Å². The zero-order valence-electron chi connectivity index (χ0n) is 18.7. The Labute approximate surface area is 167 Å². The largest absolute Gasteiger partial charge is 0.392 e. The zero-order valence-corrected chi connectivity index (χ0v) is 18.7. The second-order valence-corrected chi connectivity index (χ2v) is 9.61. The molecule has 0 fully saturated rings. The third-order valence-corrected chi connectivity index (χ3v) is 4.58. The summed E-state index contributed by atoms with van der Waals surface area (Å²) in [5.41, 5.74) is 0.0720. The lowest BCUT2D eigenvalue weighted by molar-refractivity contribution is 0.0522. The molecule has 0 spiro atoms. The van der Waals surface area contributed by atoms with Crippen molar-refractivity contribution in [2.75, 3.05) is 39.3 Å². The summed E-state index contributed by atoms with van der Waals surface area (Å²) in [5, 5.41) is 38.8. The minimum Gasteiger partial charge on any atom is -0.392 e. The van der Waals surface area contributed by atoms with E-state index in [1.54, 1.807) is 27.7 Å². The zero-order chi connectivity index (χ0) is 21.2. The molecule has 0 aromatic heterocycles. The van der Waals surface area contributed by atoms with Gasteiger partial charge in [0.1, 0.15) is 0 Å². The Morgan fingerprint density at radius 3 is 1.41 bits per heavy atom. The standard InChI is InChI=1S/C21H46N2O4/c1-16(8-9-22(11-17(2)24)12-18(3)25)10-21(6,7)15-23(13-19(4)26)14-20(5)27/h16-20,24-27H,8-15H2,1-7H3. The number of hydrogen-bond acceptors (Lipinski definition) is 6. The van der Waals surface area contributed by atoms with Gasteiger partial charge in [-0.15, -0.1) is 0 Å². The van der Waals surface area contributed by atoms with Gasteiger partial charge in [0.2, 0.25) is 0 Å². The first kappa shape index (κ1) is 26.8. The van der Waals surface area contributed by atoms with E-state index >= 15 is 0 Å². The van der Waals surface area contributed by atoms with Crippen LogP contribution in [-0.2, 0) is 0 Å². The van der Waals surface area contributed by atoms with Crippen LogP contribution in [0.15, 0.2) is 0 Å². The van der Waals surface area contributed by atoms with Crippen molar-refractivity contribution in [3.05, 3.63) is 0 Å². The first-order valence-corrected chi connectivity index (χ1v) is 10.5. The molecule has 0 aromatic rings. The molecule has 27 heavy (non-hydrogen) atoms. The van der Waals surface area contributed by atoms with Crippen LogP contribution in [0.1, 0.15) is 61.3 Å². The monoisotopic (exact) mass is 390 g/mol. The molecule has 0 aliphatic carbocycles. The Morgan fingerprint density at radius 1 is 0.667 bits per heavy atom. The Kier molecular flexibility index (Phi) is 13.0. The Bertz CT molecular complexity index is 353. The van der Waals surface area contributed by atoms with Crippen LogP contribution in [0.4, 0.5) is 0 Å². The molecule has 0 radical (unpaired) electrons. The maximum absolute atomic E-state index is 9.73. The van der Waals surface area contributed by atoms with Gasteiger partial charge in [-0.2, -0.15) is 0 Å². The van der Waals surface area contributed by atoms with E-state index in [0.717, 1.165) is 25.9 Å². The summed E-state index contributed by atoms with van der Waals surface area (Å²) in [5.74, 6) is 0.505. The van der Waals surface area contributed by atoms with Crippen LogP contribution in [-0.4, -0.2) is 93.9 Å². The molecule has 164 valence electrons. The number of hydrogen-bond donors (Lipinski definition) is 4. The van der Waals surface area contributed by atoms with Gasteiger partial charge in [0, 0.05) is 32.7 Å². The summed E-state index contributed by atoms with van der Waals surface area (Å²) in [6, 6.07) is 0. The maximum Gasteiger partial charge on any atom is 0.0639 e. The molecule has 0 aliphatic heterocycles. The lowest BCUT2D eigenvalue weighted by Gasteiger charge is -2.36. The predicted octanol–water partition coefficient (Wildman–Crippen LogP) is 1.56. The van der Waals surface area contributed by atoms with Crippen molar-refractivity contribution in [1.29, 1.82) is 0 Å². The van der Waals surface area contributed by atoms with Gasteiger partial charge in [0.25, 0.3) is 0 Å². The van der Waals surface area contributed by atoms with Gasteiger partial charge >= 0.3 is 0 Å². The molecule has 5 atom stereocenters. The summed E-state index contributed by atoms with van der Waals surface area (Å²) >= 11 is 0. The Morgan fingerprint density at radius 2 is 1.04 bits per heavy atom. The van der Waals surface area contributed by atoms with Crippen molar-refractivity contribution >= 4 is 0 Å². The summed E-state index contributed by atoms with van der Waals surface area (Å²) in [6.07, 6.45) is 0.434. The van der Waals surface area contributed by atoms with Gasteiger partial charge in [-0.3, -0.25) is 9.80 Å². The minimum absolute atomic E-state index is 0.0720. The first-order valence-electron chi connectivity index (χ1n) is 10.5. The summed E-state index contributed by atoms with van der Waals surface area (Å²) in [7, 11) is 0. The van der Waals surface area contributed by atoms with E-state index in [9.17, 15) is 20.4 Å². The van der Waals surface area contributed by atoms with E-state index in [4.69, 9.17) is 0 Å². The van der Waals surface area contributed by atoms with Crippen LogP contribution in [0.5, 0.6) is 0 Å². The van der Waals surface area contributed by atoms with E-state index in [-0.39, 0.29) is 5.41 Å². The molecule has 6 heteroatoms. The van der Waals surface area contributed by atoms with Crippen LogP contribution in [0.2, 0.25) is 0 Å². The van der Waals surface area contributed by atoms with Crippen molar-refractivity contribution in [1.82, 2.24) is 9.80 Å². The molecule has 4 N–H and O–H groups in total. The van der Waals surface area contributed by atoms with Gasteiger partial charge < -0.3 is 20.4 Å². The van der Waals surface area contributed by atoms with Crippen LogP contribution >= 0.6 is 0 Å². The van der Waals surface area contributed by atoms with E-state index < -0.39 is 24.4 Å². The molecule has 0 amide bonds. The van der Waals surface area contributed by atoms with Crippen molar-refractivity contribution in [2.24, 2.45) is 11.3 Å². The third kappa shape index (κ3) is 15.4. The average Bonchev–Trinajstić information content (AvgIpc) is 2.40. The van der Waals surface area contributed by atoms with Gasteiger partial charge in [0.15, 0.2) is 0 Å². The number of rotatable bonds is 15. The molecule has 0 heterocycles. The molecule has 0 saturated carbocycles. The van der Waals surface area contributed by atoms with Crippen LogP contribution in [0, 0.1) is 11.3 Å². The molecular formula is C21H46N2O4. The van der Waals surface area contributed by atoms with Crippen LogP contribution in [0.3, 0.4) is 0 Å². The molecule has 0 rings (SSSR count). The smallest absolute Gasteiger partial charge is 0.0639 e. The van der Waals surface area contributed by atoms with Crippen molar-refractivity contribution in [3.8, 4) is 0 Å². The number of nitrogens with zero attached hydrogens (tertiary/aromatic N) is 2. The molecular weight excluding hydrogens is 344 g/mol. The van der Waals surface area contributed by atoms with Crippen LogP contribution < -0.4 is 0 Å². The molecule has 0 aromatic carbocycles. The molecule has 0 bridgehead atoms. The fourth-order valence-corrected chi connectivity index (χ4v) is 4.07. The second kappa shape index (κ2) is 13.1. The highest BCUT2D eigenvalue weighted by atomic mass is 16.3. The Hall–Kier alpha value is -0.240. The van der Waals surface area contributed by atoms with E-state index in [1.165, 1.54) is 0 Å². The number of aliphatic hydroxyl groups is 4. The summed E-state index contributed by atoms with van der Waals surface area (Å²) in [4.78, 5) is 4.28. The highest BCUT2D eigenvalue weighted by Crippen LogP contribution is 2.28. The maximum atomic E-state index is 9.73. The first-order chi connectivity index (χ1) is 12.3. The molecule has 0 aliphatic rings. The van der Waals surface area contributed by atoms with Gasteiger partial charge in [0.05, 0.1) is 24.4 Å². The quantitative estimate of drug-likeness (QED) is 0.339. The summed E-state index contributed by atoms with van der Waals surface area (Å²) in [6.45, 7) is 17.8. The fourth-order valence-electron chi connectivity index (χ4n) is 4.07. The van der Waals surface area contributed by atoms with E-state index in [0.29, 0.717) is 32.1 Å². The highest BCUT2D eigenvalue weighted by molar-refractivity contribution is 4.79. The predicted molar refractivity (Wildman–Crippen MR) is 112 cm³/mol. The van der Waals surface area contributed by atoms with Gasteiger partial charge in [-0.05, 0) is 58.4 Å². The second-order valence-electron chi connectivity index (χ2n) is 9.61. The summed E-state index contributed by atoms with van der Waals surface area (Å²) < 4.78 is 0. The molecule has 0 saturated heterocycles. The lowest BCUT2D eigenvalue weighted by atomic mass is 9.81. The molecule has 6 nitrogen and oxygen atoms in total. The molecule has 5 unspecified atom stereocenters. The number of aliphatic hydroxyl groups excluding tert-OH is 4. The van der Waals surface area contributed by atoms with Gasteiger partial charge in [-0.1, -0.05) is 20.8 Å². The topological polar surface area (TPSA) is 87.4 Å². The average molecular weight is 391 g/mol. The fraction of sp³-hybridized carbons (Fsp3) is 1.00. The highest BCUT2D eigenvalue weighted by Gasteiger charge is 2.26. The Balaban J connectivity index is 4.61. The van der Waals surface area contributed by atoms with Crippen LogP contribution in [0.25, 0.3) is 0 Å². The normalized spacial score (nSPS) is 18.6. The third-order valence-electron chi connectivity index (χ3n) is 4.58. The minimum atomic E-state index is -0.411. The van der Waals surface area contributed by atoms with Crippen molar-refractivity contribution in [2.45, 2.75) is 85.7 Å². The SMILES string of the molecule is CC(O)CN(CCC(C)CC(C)(C)CN(CC(C)O)CC(C)O)CC(C)O.